The molecule has 1 aliphatic rings. The Bertz CT molecular complexity index is 1290. The van der Waals surface area contributed by atoms with Gasteiger partial charge in [0.05, 0.1) is 22.5 Å². The molecule has 0 atom stereocenters. The molecule has 186 valence electrons. The number of fused-ring (bicyclic) bond motifs is 1. The average Bonchev–Trinajstić information content (AvgIpc) is 3.17. The number of rotatable bonds is 8. The average molecular weight is 485 g/mol. The van der Waals surface area contributed by atoms with Gasteiger partial charge < -0.3 is 26.0 Å². The number of ether oxygens (including phenoxy) is 1. The molecule has 0 saturated heterocycles. The van der Waals surface area contributed by atoms with E-state index in [-0.39, 0.29) is 5.91 Å². The standard InChI is InChI=1S/C29H32N4O3/c1-29(2,30)21-11-13-22(14-12-21)31-26(19-8-6-5-7-9-19)25-23-15-10-20(18-24(23)32-27(25)34)28(35)36-17-16-33(3)4/h5-15,18,31H,16-17,30H2,1-4H3,(H,32,34)/b26-25-. The quantitative estimate of drug-likeness (QED) is 0.321. The lowest BCUT2D eigenvalue weighted by Gasteiger charge is -2.20. The van der Waals surface area contributed by atoms with E-state index in [1.807, 2.05) is 87.4 Å². The zero-order valence-electron chi connectivity index (χ0n) is 21.1. The summed E-state index contributed by atoms with van der Waals surface area (Å²) in [4.78, 5) is 27.6. The van der Waals surface area contributed by atoms with Crippen molar-refractivity contribution < 1.29 is 14.3 Å². The number of carbonyl (C=O) groups is 2. The Morgan fingerprint density at radius 2 is 1.69 bits per heavy atom. The number of benzene rings is 3. The van der Waals surface area contributed by atoms with Gasteiger partial charge in [-0.05, 0) is 63.3 Å². The van der Waals surface area contributed by atoms with E-state index in [1.165, 1.54) is 0 Å². The smallest absolute Gasteiger partial charge is 0.338 e. The third-order valence-corrected chi connectivity index (χ3v) is 5.98. The maximum atomic E-state index is 13.2. The lowest BCUT2D eigenvalue weighted by atomic mass is 9.95. The Morgan fingerprint density at radius 3 is 2.33 bits per heavy atom. The molecule has 7 nitrogen and oxygen atoms in total. The van der Waals surface area contributed by atoms with E-state index >= 15 is 0 Å². The number of hydrogen-bond acceptors (Lipinski definition) is 6. The molecule has 4 rings (SSSR count). The largest absolute Gasteiger partial charge is 0.461 e. The summed E-state index contributed by atoms with van der Waals surface area (Å²) in [6, 6.07) is 22.7. The van der Waals surface area contributed by atoms with E-state index in [1.54, 1.807) is 18.2 Å². The van der Waals surface area contributed by atoms with Crippen molar-refractivity contribution in [3.05, 3.63) is 95.1 Å². The van der Waals surface area contributed by atoms with Gasteiger partial charge in [0.1, 0.15) is 6.61 Å². The van der Waals surface area contributed by atoms with E-state index in [4.69, 9.17) is 10.5 Å². The molecule has 7 heteroatoms. The molecule has 36 heavy (non-hydrogen) atoms. The summed E-state index contributed by atoms with van der Waals surface area (Å²) < 4.78 is 5.36. The number of likely N-dealkylation sites (N-methyl/N-ethyl adjacent to an activating group) is 1. The van der Waals surface area contributed by atoms with Gasteiger partial charge in [0, 0.05) is 23.3 Å². The molecule has 1 heterocycles. The molecule has 0 aromatic heterocycles. The monoisotopic (exact) mass is 484 g/mol. The predicted octanol–water partition coefficient (Wildman–Crippen LogP) is 4.53. The van der Waals surface area contributed by atoms with Gasteiger partial charge >= 0.3 is 5.97 Å². The molecule has 0 unspecified atom stereocenters. The Balaban J connectivity index is 1.70. The van der Waals surface area contributed by atoms with Gasteiger partial charge in [-0.2, -0.15) is 0 Å². The van der Waals surface area contributed by atoms with Crippen LogP contribution in [0.3, 0.4) is 0 Å². The first-order valence-electron chi connectivity index (χ1n) is 11.9. The van der Waals surface area contributed by atoms with Crippen LogP contribution in [0.15, 0.2) is 72.8 Å². The van der Waals surface area contributed by atoms with Crippen LogP contribution in [0.4, 0.5) is 11.4 Å². The SMILES string of the molecule is CN(C)CCOC(=O)c1ccc2c(c1)NC(=O)/C2=C(\Nc1ccc(C(C)(C)N)cc1)c1ccccc1. The number of nitrogens with two attached hydrogens (primary N) is 1. The number of carbonyl (C=O) groups excluding carboxylic acids is 2. The summed E-state index contributed by atoms with van der Waals surface area (Å²) in [6.07, 6.45) is 0. The number of esters is 1. The maximum Gasteiger partial charge on any atom is 0.338 e. The molecule has 0 bridgehead atoms. The normalized spacial score (nSPS) is 14.3. The number of nitrogens with one attached hydrogen (secondary N) is 2. The summed E-state index contributed by atoms with van der Waals surface area (Å²) >= 11 is 0. The third-order valence-electron chi connectivity index (χ3n) is 5.98. The van der Waals surface area contributed by atoms with E-state index in [2.05, 4.69) is 10.6 Å². The maximum absolute atomic E-state index is 13.2. The second kappa shape index (κ2) is 10.4. The molecule has 3 aromatic rings. The minimum Gasteiger partial charge on any atom is -0.461 e. The fourth-order valence-corrected chi connectivity index (χ4v) is 3.96. The summed E-state index contributed by atoms with van der Waals surface area (Å²) in [5.74, 6) is -0.662. The minimum absolute atomic E-state index is 0.241. The second-order valence-electron chi connectivity index (χ2n) is 9.69. The van der Waals surface area contributed by atoms with E-state index in [9.17, 15) is 9.59 Å². The van der Waals surface area contributed by atoms with Crippen molar-refractivity contribution in [1.29, 1.82) is 0 Å². The van der Waals surface area contributed by atoms with E-state index in [0.29, 0.717) is 35.7 Å². The minimum atomic E-state index is -0.450. The van der Waals surface area contributed by atoms with Gasteiger partial charge in [-0.15, -0.1) is 0 Å². The number of amides is 1. The molecule has 3 aromatic carbocycles. The topological polar surface area (TPSA) is 96.7 Å². The highest BCUT2D eigenvalue weighted by atomic mass is 16.5. The fourth-order valence-electron chi connectivity index (χ4n) is 3.96. The Hall–Kier alpha value is -3.94. The van der Waals surface area contributed by atoms with Crippen molar-refractivity contribution >= 4 is 34.5 Å². The third kappa shape index (κ3) is 5.64. The van der Waals surface area contributed by atoms with Crippen molar-refractivity contribution in [3.63, 3.8) is 0 Å². The van der Waals surface area contributed by atoms with Crippen LogP contribution < -0.4 is 16.4 Å². The lowest BCUT2D eigenvalue weighted by Crippen LogP contribution is -2.28. The molecule has 0 radical (unpaired) electrons. The predicted molar refractivity (Wildman–Crippen MR) is 144 cm³/mol. The number of nitrogens with zero attached hydrogens (tertiary/aromatic N) is 1. The summed E-state index contributed by atoms with van der Waals surface area (Å²) in [5.41, 5.74) is 11.4. The summed E-state index contributed by atoms with van der Waals surface area (Å²) in [7, 11) is 3.83. The van der Waals surface area contributed by atoms with E-state index in [0.717, 1.165) is 22.4 Å². The zero-order valence-corrected chi connectivity index (χ0v) is 21.1. The molecule has 4 N–H and O–H groups in total. The van der Waals surface area contributed by atoms with Crippen LogP contribution in [0, 0.1) is 0 Å². The van der Waals surface area contributed by atoms with Gasteiger partial charge in [0.25, 0.3) is 5.91 Å². The van der Waals surface area contributed by atoms with Crippen LogP contribution in [-0.2, 0) is 15.1 Å². The van der Waals surface area contributed by atoms with E-state index < -0.39 is 11.5 Å². The number of anilines is 2. The Morgan fingerprint density at radius 1 is 1.00 bits per heavy atom. The molecular weight excluding hydrogens is 452 g/mol. The van der Waals surface area contributed by atoms with Crippen molar-refractivity contribution in [2.24, 2.45) is 5.73 Å². The molecule has 1 amide bonds. The van der Waals surface area contributed by atoms with Crippen molar-refractivity contribution in [2.75, 3.05) is 37.9 Å². The van der Waals surface area contributed by atoms with Crippen molar-refractivity contribution in [3.8, 4) is 0 Å². The van der Waals surface area contributed by atoms with Gasteiger partial charge in [0.2, 0.25) is 0 Å². The van der Waals surface area contributed by atoms with Crippen LogP contribution in [-0.4, -0.2) is 44.0 Å². The van der Waals surface area contributed by atoms with Gasteiger partial charge in [-0.3, -0.25) is 4.79 Å². The number of hydrogen-bond donors (Lipinski definition) is 3. The first-order valence-corrected chi connectivity index (χ1v) is 11.9. The molecule has 0 aliphatic carbocycles. The molecule has 0 spiro atoms. The Labute approximate surface area is 212 Å². The lowest BCUT2D eigenvalue weighted by molar-refractivity contribution is -0.110. The van der Waals surface area contributed by atoms with Crippen LogP contribution in [0.5, 0.6) is 0 Å². The van der Waals surface area contributed by atoms with Gasteiger partial charge in [-0.1, -0.05) is 48.5 Å². The highest BCUT2D eigenvalue weighted by Gasteiger charge is 2.29. The molecular formula is C29H32N4O3. The summed E-state index contributed by atoms with van der Waals surface area (Å²) in [5, 5.41) is 6.36. The molecule has 1 aliphatic heterocycles. The zero-order chi connectivity index (χ0) is 25.9. The van der Waals surface area contributed by atoms with Gasteiger partial charge in [-0.25, -0.2) is 4.79 Å². The first-order chi connectivity index (χ1) is 17.1. The van der Waals surface area contributed by atoms with Crippen molar-refractivity contribution in [2.45, 2.75) is 19.4 Å². The summed E-state index contributed by atoms with van der Waals surface area (Å²) in [6.45, 7) is 4.84. The highest BCUT2D eigenvalue weighted by molar-refractivity contribution is 6.37. The van der Waals surface area contributed by atoms with Crippen LogP contribution in [0.25, 0.3) is 11.3 Å². The highest BCUT2D eigenvalue weighted by Crippen LogP contribution is 2.38. The van der Waals surface area contributed by atoms with Crippen molar-refractivity contribution in [1.82, 2.24) is 4.90 Å². The Kier molecular flexibility index (Phi) is 7.24. The fraction of sp³-hybridized carbons (Fsp3) is 0.241. The first kappa shape index (κ1) is 25.2. The second-order valence-corrected chi connectivity index (χ2v) is 9.69. The van der Waals surface area contributed by atoms with Crippen LogP contribution in [0.2, 0.25) is 0 Å². The molecule has 0 saturated carbocycles. The van der Waals surface area contributed by atoms with Crippen LogP contribution in [0.1, 0.15) is 40.9 Å². The van der Waals surface area contributed by atoms with Gasteiger partial charge in [0.15, 0.2) is 0 Å². The van der Waals surface area contributed by atoms with Crippen LogP contribution >= 0.6 is 0 Å². The molecule has 0 fully saturated rings.